The first kappa shape index (κ1) is 10.0. The number of H-pyrrole nitrogens is 1. The van der Waals surface area contributed by atoms with Crippen LogP contribution in [0.3, 0.4) is 0 Å². The Hall–Kier alpha value is -2.15. The van der Waals surface area contributed by atoms with Crippen molar-refractivity contribution >= 4 is 5.65 Å². The molecule has 3 heterocycles. The van der Waals surface area contributed by atoms with Crippen LogP contribution in [0, 0.1) is 6.92 Å². The quantitative estimate of drug-likeness (QED) is 0.666. The number of aromatic nitrogens is 6. The summed E-state index contributed by atoms with van der Waals surface area (Å²) in [5.41, 5.74) is 8.17. The van der Waals surface area contributed by atoms with Crippen molar-refractivity contribution in [1.29, 1.82) is 0 Å². The van der Waals surface area contributed by atoms with Gasteiger partial charge >= 0.3 is 0 Å². The molecule has 3 aromatic rings. The van der Waals surface area contributed by atoms with E-state index in [-0.39, 0.29) is 0 Å². The Bertz CT molecular complexity index is 631. The molecule has 0 aliphatic rings. The van der Waals surface area contributed by atoms with Gasteiger partial charge in [0.05, 0.1) is 5.69 Å². The fourth-order valence-corrected chi connectivity index (χ4v) is 1.88. The summed E-state index contributed by atoms with van der Waals surface area (Å²) >= 11 is 0. The van der Waals surface area contributed by atoms with E-state index in [2.05, 4.69) is 20.3 Å². The van der Waals surface area contributed by atoms with Crippen molar-refractivity contribution in [3.8, 4) is 5.69 Å². The topological polar surface area (TPSA) is 89.8 Å². The van der Waals surface area contributed by atoms with E-state index in [4.69, 9.17) is 5.73 Å². The molecule has 0 unspecified atom stereocenters. The van der Waals surface area contributed by atoms with Crippen molar-refractivity contribution in [3.05, 3.63) is 30.0 Å². The molecular formula is C10H13N7. The molecular weight excluding hydrogens is 218 g/mol. The largest absolute Gasteiger partial charge is 0.330 e. The molecule has 3 rings (SSSR count). The van der Waals surface area contributed by atoms with Gasteiger partial charge in [-0.15, -0.1) is 5.10 Å². The Morgan fingerprint density at radius 3 is 3.06 bits per heavy atom. The molecule has 0 bridgehead atoms. The van der Waals surface area contributed by atoms with Crippen LogP contribution >= 0.6 is 0 Å². The van der Waals surface area contributed by atoms with Gasteiger partial charge in [0.2, 0.25) is 5.65 Å². The molecule has 0 amide bonds. The number of hydrogen-bond donors (Lipinski definition) is 2. The van der Waals surface area contributed by atoms with E-state index in [1.807, 2.05) is 19.2 Å². The van der Waals surface area contributed by atoms with E-state index >= 15 is 0 Å². The number of rotatable bonds is 3. The van der Waals surface area contributed by atoms with Crippen LogP contribution in [0.25, 0.3) is 11.3 Å². The number of aryl methyl sites for hydroxylation is 1. The van der Waals surface area contributed by atoms with E-state index < -0.39 is 0 Å². The number of nitrogens with two attached hydrogens (primary N) is 1. The summed E-state index contributed by atoms with van der Waals surface area (Å²) in [6.45, 7) is 2.51. The third-order valence-corrected chi connectivity index (χ3v) is 2.59. The Balaban J connectivity index is 2.19. The highest BCUT2D eigenvalue weighted by molar-refractivity contribution is 5.60. The van der Waals surface area contributed by atoms with E-state index in [1.165, 1.54) is 0 Å². The average molecular weight is 231 g/mol. The van der Waals surface area contributed by atoms with Crippen molar-refractivity contribution in [2.24, 2.45) is 5.73 Å². The second-order valence-corrected chi connectivity index (χ2v) is 3.84. The molecule has 0 spiro atoms. The van der Waals surface area contributed by atoms with E-state index in [9.17, 15) is 0 Å². The van der Waals surface area contributed by atoms with Gasteiger partial charge < -0.3 is 5.73 Å². The third-order valence-electron chi connectivity index (χ3n) is 2.59. The first-order chi connectivity index (χ1) is 8.29. The van der Waals surface area contributed by atoms with Crippen LogP contribution in [0.15, 0.2) is 18.5 Å². The van der Waals surface area contributed by atoms with Gasteiger partial charge in [-0.05, 0) is 19.5 Å². The minimum atomic E-state index is 0.545. The predicted octanol–water partition coefficient (Wildman–Crippen LogP) is 0.0527. The van der Waals surface area contributed by atoms with Gasteiger partial charge in [-0.1, -0.05) is 0 Å². The fraction of sp³-hybridized carbons (Fsp3) is 0.300. The van der Waals surface area contributed by atoms with Crippen LogP contribution < -0.4 is 5.73 Å². The fourth-order valence-electron chi connectivity index (χ4n) is 1.88. The highest BCUT2D eigenvalue weighted by Crippen LogP contribution is 2.17. The molecule has 17 heavy (non-hydrogen) atoms. The highest BCUT2D eigenvalue weighted by atomic mass is 15.5. The van der Waals surface area contributed by atoms with Crippen LogP contribution in [0.5, 0.6) is 0 Å². The number of nitrogens with zero attached hydrogens (tertiary/aromatic N) is 5. The Kier molecular flexibility index (Phi) is 2.19. The van der Waals surface area contributed by atoms with Crippen molar-refractivity contribution in [3.63, 3.8) is 0 Å². The lowest BCUT2D eigenvalue weighted by Crippen LogP contribution is -2.04. The van der Waals surface area contributed by atoms with Gasteiger partial charge in [-0.25, -0.2) is 9.67 Å². The van der Waals surface area contributed by atoms with Crippen molar-refractivity contribution < 1.29 is 0 Å². The zero-order valence-corrected chi connectivity index (χ0v) is 9.46. The SMILES string of the molecule is Cc1[nH]n2nc(CCN)nc2c1-n1cccn1. The minimum Gasteiger partial charge on any atom is -0.330 e. The lowest BCUT2D eigenvalue weighted by molar-refractivity contribution is 0.765. The summed E-state index contributed by atoms with van der Waals surface area (Å²) in [6.07, 6.45) is 4.29. The molecule has 7 heteroatoms. The molecule has 88 valence electrons. The molecule has 3 aromatic heterocycles. The number of fused-ring (bicyclic) bond motifs is 1. The maximum atomic E-state index is 5.50. The zero-order chi connectivity index (χ0) is 11.8. The van der Waals surface area contributed by atoms with E-state index in [1.54, 1.807) is 15.5 Å². The monoisotopic (exact) mass is 231 g/mol. The molecule has 0 saturated carbocycles. The summed E-state index contributed by atoms with van der Waals surface area (Å²) in [4.78, 5) is 4.46. The molecule has 0 radical (unpaired) electrons. The van der Waals surface area contributed by atoms with Crippen LogP contribution in [0.2, 0.25) is 0 Å². The summed E-state index contributed by atoms with van der Waals surface area (Å²) in [6, 6.07) is 1.88. The number of nitrogens with one attached hydrogen (secondary N) is 1. The van der Waals surface area contributed by atoms with E-state index in [0.29, 0.717) is 13.0 Å². The summed E-state index contributed by atoms with van der Waals surface area (Å²) in [7, 11) is 0. The average Bonchev–Trinajstić information content (AvgIpc) is 2.94. The lowest BCUT2D eigenvalue weighted by atomic mass is 10.4. The standard InChI is InChI=1S/C10H13N7/c1-7-9(16-6-2-5-12-16)10-13-8(3-4-11)15-17(10)14-7/h2,5-6,14H,3-4,11H2,1H3. The van der Waals surface area contributed by atoms with Crippen LogP contribution in [-0.4, -0.2) is 36.1 Å². The molecule has 0 saturated heterocycles. The number of aromatic amines is 1. The van der Waals surface area contributed by atoms with E-state index in [0.717, 1.165) is 22.9 Å². The highest BCUT2D eigenvalue weighted by Gasteiger charge is 2.15. The molecule has 3 N–H and O–H groups in total. The first-order valence-corrected chi connectivity index (χ1v) is 5.44. The maximum Gasteiger partial charge on any atom is 0.201 e. The second-order valence-electron chi connectivity index (χ2n) is 3.84. The van der Waals surface area contributed by atoms with Gasteiger partial charge in [0.1, 0.15) is 5.69 Å². The minimum absolute atomic E-state index is 0.545. The molecule has 0 fully saturated rings. The van der Waals surface area contributed by atoms with Crippen LogP contribution in [0.1, 0.15) is 11.5 Å². The predicted molar refractivity (Wildman–Crippen MR) is 62.0 cm³/mol. The normalized spacial score (nSPS) is 11.4. The van der Waals surface area contributed by atoms with Gasteiger partial charge in [0, 0.05) is 18.8 Å². The van der Waals surface area contributed by atoms with Crippen molar-refractivity contribution in [2.45, 2.75) is 13.3 Å². The molecule has 0 aliphatic heterocycles. The molecule has 0 aliphatic carbocycles. The van der Waals surface area contributed by atoms with Crippen LogP contribution in [0.4, 0.5) is 0 Å². The van der Waals surface area contributed by atoms with Gasteiger partial charge in [-0.2, -0.15) is 9.73 Å². The van der Waals surface area contributed by atoms with Crippen LogP contribution in [-0.2, 0) is 6.42 Å². The maximum absolute atomic E-state index is 5.50. The third kappa shape index (κ3) is 1.51. The van der Waals surface area contributed by atoms with Crippen molar-refractivity contribution in [1.82, 2.24) is 29.6 Å². The Morgan fingerprint density at radius 2 is 2.35 bits per heavy atom. The van der Waals surface area contributed by atoms with Gasteiger partial charge in [0.25, 0.3) is 0 Å². The lowest BCUT2D eigenvalue weighted by Gasteiger charge is -1.97. The molecule has 0 aromatic carbocycles. The summed E-state index contributed by atoms with van der Waals surface area (Å²) < 4.78 is 3.44. The number of hydrogen-bond acceptors (Lipinski definition) is 4. The summed E-state index contributed by atoms with van der Waals surface area (Å²) in [5.74, 6) is 0.743. The Labute approximate surface area is 97.2 Å². The van der Waals surface area contributed by atoms with Gasteiger partial charge in [0.15, 0.2) is 5.82 Å². The molecule has 0 atom stereocenters. The smallest absolute Gasteiger partial charge is 0.201 e. The molecule has 7 nitrogen and oxygen atoms in total. The van der Waals surface area contributed by atoms with Gasteiger partial charge in [-0.3, -0.25) is 5.10 Å². The summed E-state index contributed by atoms with van der Waals surface area (Å²) in [5, 5.41) is 11.7. The second kappa shape index (κ2) is 3.70. The van der Waals surface area contributed by atoms with Crippen molar-refractivity contribution in [2.75, 3.05) is 6.54 Å². The first-order valence-electron chi connectivity index (χ1n) is 5.44. The zero-order valence-electron chi connectivity index (χ0n) is 9.46. The Morgan fingerprint density at radius 1 is 1.47 bits per heavy atom.